The molecule has 1 amide bonds. The number of rotatable bonds is 5. The van der Waals surface area contributed by atoms with Gasteiger partial charge in [-0.2, -0.15) is 0 Å². The second-order valence-electron chi connectivity index (χ2n) is 7.67. The molecule has 0 atom stereocenters. The quantitative estimate of drug-likeness (QED) is 0.481. The van der Waals surface area contributed by atoms with Crippen molar-refractivity contribution < 1.29 is 23.5 Å². The lowest BCUT2D eigenvalue weighted by Gasteiger charge is -2.39. The molecule has 33 heavy (non-hydrogen) atoms. The molecule has 3 aromatic rings. The van der Waals surface area contributed by atoms with E-state index in [1.165, 1.54) is 42.3 Å². The van der Waals surface area contributed by atoms with Gasteiger partial charge >= 0.3 is 5.97 Å². The van der Waals surface area contributed by atoms with Crippen LogP contribution in [0.15, 0.2) is 54.6 Å². The molecule has 1 fully saturated rings. The van der Waals surface area contributed by atoms with Gasteiger partial charge in [0, 0.05) is 17.6 Å². The summed E-state index contributed by atoms with van der Waals surface area (Å²) in [7, 11) is 1.48. The third-order valence-corrected chi connectivity index (χ3v) is 6.16. The summed E-state index contributed by atoms with van der Waals surface area (Å²) in [6, 6.07) is 13.3. The minimum absolute atomic E-state index is 0.0185. The van der Waals surface area contributed by atoms with Gasteiger partial charge in [-0.3, -0.25) is 4.79 Å². The monoisotopic (exact) mass is 490 g/mol. The normalized spacial score (nSPS) is 13.5. The van der Waals surface area contributed by atoms with Crippen molar-refractivity contribution in [1.29, 1.82) is 0 Å². The van der Waals surface area contributed by atoms with Crippen LogP contribution in [0.4, 0.5) is 20.2 Å². The lowest BCUT2D eigenvalue weighted by atomic mass is 9.99. The Kier molecular flexibility index (Phi) is 6.28. The van der Waals surface area contributed by atoms with Gasteiger partial charge in [0.25, 0.3) is 5.91 Å². The molecular formula is C24H18Cl2F2N2O3. The molecule has 4 rings (SSSR count). The van der Waals surface area contributed by atoms with Crippen molar-refractivity contribution in [2.45, 2.75) is 6.17 Å². The number of nitrogens with zero attached hydrogens (tertiary/aromatic N) is 2. The highest BCUT2D eigenvalue weighted by atomic mass is 35.5. The van der Waals surface area contributed by atoms with E-state index in [0.29, 0.717) is 27.5 Å². The third kappa shape index (κ3) is 4.38. The van der Waals surface area contributed by atoms with Crippen LogP contribution in [0.3, 0.4) is 0 Å². The maximum absolute atomic E-state index is 14.3. The van der Waals surface area contributed by atoms with Gasteiger partial charge in [-0.15, -0.1) is 0 Å². The molecule has 1 aliphatic heterocycles. The maximum atomic E-state index is 14.3. The summed E-state index contributed by atoms with van der Waals surface area (Å²) < 4.78 is 28.0. The predicted octanol–water partition coefficient (Wildman–Crippen LogP) is 5.93. The Morgan fingerprint density at radius 3 is 2.42 bits per heavy atom. The van der Waals surface area contributed by atoms with Crippen molar-refractivity contribution in [2.24, 2.45) is 0 Å². The number of carboxylic acid groups (broad SMARTS) is 1. The molecule has 0 bridgehead atoms. The molecule has 170 valence electrons. The van der Waals surface area contributed by atoms with Gasteiger partial charge in [0.2, 0.25) is 0 Å². The Morgan fingerprint density at radius 2 is 1.79 bits per heavy atom. The summed E-state index contributed by atoms with van der Waals surface area (Å²) in [6.07, 6.45) is -1.01. The topological polar surface area (TPSA) is 60.9 Å². The molecule has 1 heterocycles. The molecular weight excluding hydrogens is 473 g/mol. The fourth-order valence-corrected chi connectivity index (χ4v) is 4.18. The summed E-state index contributed by atoms with van der Waals surface area (Å²) in [5.74, 6) is -2.50. The molecule has 0 spiro atoms. The van der Waals surface area contributed by atoms with E-state index in [2.05, 4.69) is 0 Å². The van der Waals surface area contributed by atoms with Gasteiger partial charge in [-0.1, -0.05) is 35.3 Å². The predicted molar refractivity (Wildman–Crippen MR) is 125 cm³/mol. The fraction of sp³-hybridized carbons (Fsp3) is 0.167. The number of anilines is 2. The highest BCUT2D eigenvalue weighted by molar-refractivity contribution is 6.34. The number of carbonyl (C=O) groups excluding carboxylic acids is 1. The van der Waals surface area contributed by atoms with E-state index in [1.807, 2.05) is 0 Å². The molecule has 0 saturated carbocycles. The van der Waals surface area contributed by atoms with Crippen LogP contribution in [0.2, 0.25) is 10.0 Å². The van der Waals surface area contributed by atoms with E-state index >= 15 is 0 Å². The van der Waals surface area contributed by atoms with E-state index in [9.17, 15) is 23.5 Å². The van der Waals surface area contributed by atoms with E-state index < -0.39 is 23.9 Å². The molecule has 0 unspecified atom stereocenters. The van der Waals surface area contributed by atoms with Crippen molar-refractivity contribution in [3.05, 3.63) is 81.6 Å². The molecule has 3 aromatic carbocycles. The van der Waals surface area contributed by atoms with Crippen LogP contribution in [0.25, 0.3) is 11.1 Å². The molecule has 0 radical (unpaired) electrons. The van der Waals surface area contributed by atoms with Crippen molar-refractivity contribution >= 4 is 46.5 Å². The zero-order valence-corrected chi connectivity index (χ0v) is 18.9. The van der Waals surface area contributed by atoms with E-state index in [-0.39, 0.29) is 29.2 Å². The van der Waals surface area contributed by atoms with E-state index in [0.717, 1.165) is 6.07 Å². The second-order valence-corrected chi connectivity index (χ2v) is 8.48. The summed E-state index contributed by atoms with van der Waals surface area (Å²) in [5.41, 5.74) is 1.82. The van der Waals surface area contributed by atoms with Crippen LogP contribution in [0.5, 0.6) is 0 Å². The number of hydrogen-bond donors (Lipinski definition) is 1. The maximum Gasteiger partial charge on any atom is 0.335 e. The van der Waals surface area contributed by atoms with Crippen LogP contribution in [-0.2, 0) is 0 Å². The van der Waals surface area contributed by atoms with Crippen molar-refractivity contribution in [3.8, 4) is 11.1 Å². The molecule has 0 aromatic heterocycles. The van der Waals surface area contributed by atoms with Gasteiger partial charge in [-0.05, 0) is 48.0 Å². The van der Waals surface area contributed by atoms with Crippen LogP contribution in [-0.4, -0.2) is 43.3 Å². The molecule has 1 saturated heterocycles. The number of hydrogen-bond acceptors (Lipinski definition) is 3. The average molecular weight is 491 g/mol. The van der Waals surface area contributed by atoms with E-state index in [4.69, 9.17) is 23.2 Å². The SMILES string of the molecule is CN(C(=O)c1c(F)cccc1Cl)c1ccc(-c2cc(C(=O)O)ccc2Cl)cc1N1CC(F)C1. The van der Waals surface area contributed by atoms with Crippen LogP contribution in [0.1, 0.15) is 20.7 Å². The molecule has 1 N–H and O–H groups in total. The van der Waals surface area contributed by atoms with Crippen molar-refractivity contribution in [1.82, 2.24) is 0 Å². The summed E-state index contributed by atoms with van der Waals surface area (Å²) in [4.78, 5) is 27.5. The van der Waals surface area contributed by atoms with Crippen molar-refractivity contribution in [2.75, 3.05) is 29.9 Å². The lowest BCUT2D eigenvalue weighted by molar-refractivity contribution is 0.0696. The van der Waals surface area contributed by atoms with Crippen LogP contribution < -0.4 is 9.80 Å². The number of benzene rings is 3. The molecule has 9 heteroatoms. The molecule has 1 aliphatic rings. The first kappa shape index (κ1) is 23.0. The third-order valence-electron chi connectivity index (χ3n) is 5.52. The summed E-state index contributed by atoms with van der Waals surface area (Å²) in [6.45, 7) is 0.254. The van der Waals surface area contributed by atoms with Gasteiger partial charge in [0.15, 0.2) is 0 Å². The second kappa shape index (κ2) is 9.00. The number of carbonyl (C=O) groups is 2. The zero-order valence-electron chi connectivity index (χ0n) is 17.4. The zero-order chi connectivity index (χ0) is 23.9. The highest BCUT2D eigenvalue weighted by Gasteiger charge is 2.31. The summed E-state index contributed by atoms with van der Waals surface area (Å²) in [5, 5.41) is 9.64. The number of carboxylic acids is 1. The first-order valence-electron chi connectivity index (χ1n) is 9.95. The Morgan fingerprint density at radius 1 is 1.06 bits per heavy atom. The van der Waals surface area contributed by atoms with Gasteiger partial charge in [0.1, 0.15) is 12.0 Å². The summed E-state index contributed by atoms with van der Waals surface area (Å²) >= 11 is 12.4. The Labute approximate surface area is 198 Å². The Balaban J connectivity index is 1.79. The lowest BCUT2D eigenvalue weighted by Crippen LogP contribution is -2.49. The first-order valence-corrected chi connectivity index (χ1v) is 10.7. The Bertz CT molecular complexity index is 1240. The van der Waals surface area contributed by atoms with Crippen LogP contribution >= 0.6 is 23.2 Å². The minimum Gasteiger partial charge on any atom is -0.478 e. The van der Waals surface area contributed by atoms with Crippen LogP contribution in [0, 0.1) is 5.82 Å². The smallest absolute Gasteiger partial charge is 0.335 e. The average Bonchev–Trinajstić information content (AvgIpc) is 2.76. The largest absolute Gasteiger partial charge is 0.478 e. The first-order chi connectivity index (χ1) is 15.7. The van der Waals surface area contributed by atoms with Crippen molar-refractivity contribution in [3.63, 3.8) is 0 Å². The van der Waals surface area contributed by atoms with Gasteiger partial charge in [-0.25, -0.2) is 13.6 Å². The van der Waals surface area contributed by atoms with Gasteiger partial charge < -0.3 is 14.9 Å². The highest BCUT2D eigenvalue weighted by Crippen LogP contribution is 2.39. The molecule has 0 aliphatic carbocycles. The number of halogens is 4. The fourth-order valence-electron chi connectivity index (χ4n) is 3.71. The standard InChI is InChI=1S/C24H18Cl2F2N2O3/c1-29(23(31)22-18(26)3-2-4-19(22)28)20-8-6-13(10-21(20)30-11-15(27)12-30)16-9-14(24(32)33)5-7-17(16)25/h2-10,15H,11-12H2,1H3,(H,32,33). The molecule has 5 nitrogen and oxygen atoms in total. The van der Waals surface area contributed by atoms with Gasteiger partial charge in [0.05, 0.1) is 40.6 Å². The minimum atomic E-state index is -1.10. The van der Waals surface area contributed by atoms with E-state index in [1.54, 1.807) is 23.1 Å². The number of alkyl halides is 1. The Hall–Kier alpha value is -3.16. The number of aromatic carboxylic acids is 1. The number of amides is 1.